The molecule has 2 aromatic rings. The second-order valence-electron chi connectivity index (χ2n) is 6.40. The van der Waals surface area contributed by atoms with Gasteiger partial charge < -0.3 is 9.80 Å². The average molecular weight is 323 g/mol. The minimum absolute atomic E-state index is 0.0445. The Morgan fingerprint density at radius 1 is 1.29 bits per heavy atom. The molecule has 4 nitrogen and oxygen atoms in total. The lowest BCUT2D eigenvalue weighted by molar-refractivity contribution is 0.0793. The smallest absolute Gasteiger partial charge is 0.255 e. The summed E-state index contributed by atoms with van der Waals surface area (Å²) in [5.74, 6) is 0.0445. The topological polar surface area (TPSA) is 36.4 Å². The molecule has 2 heterocycles. The van der Waals surface area contributed by atoms with E-state index >= 15 is 0 Å². The Balaban J connectivity index is 1.85. The largest absolute Gasteiger partial charge is 0.342 e. The number of aromatic nitrogens is 1. The summed E-state index contributed by atoms with van der Waals surface area (Å²) < 4.78 is 0. The number of anilines is 2. The third-order valence-electron chi connectivity index (χ3n) is 4.59. The lowest BCUT2D eigenvalue weighted by atomic mass is 10.0. The van der Waals surface area contributed by atoms with Crippen LogP contribution in [-0.4, -0.2) is 35.9 Å². The van der Waals surface area contributed by atoms with Crippen molar-refractivity contribution < 1.29 is 4.79 Å². The van der Waals surface area contributed by atoms with Crippen LogP contribution in [0, 0.1) is 0 Å². The Labute approximate surface area is 144 Å². The van der Waals surface area contributed by atoms with E-state index in [-0.39, 0.29) is 5.91 Å². The molecule has 4 heteroatoms. The Morgan fingerprint density at radius 2 is 2.12 bits per heavy atom. The zero-order valence-corrected chi connectivity index (χ0v) is 14.5. The third-order valence-corrected chi connectivity index (χ3v) is 4.59. The molecule has 126 valence electrons. The molecule has 1 aromatic heterocycles. The Hall–Kier alpha value is -2.36. The van der Waals surface area contributed by atoms with Gasteiger partial charge in [-0.2, -0.15) is 0 Å². The summed E-state index contributed by atoms with van der Waals surface area (Å²) in [4.78, 5) is 21.0. The number of amides is 1. The standard InChI is InChI=1S/C20H25N3O/c1-3-4-11-22(2)20(24)17-13-18(15-21-14-17)23-12-7-9-16-8-5-6-10-19(16)23/h5-6,8,10,13-15H,3-4,7,9,11-12H2,1-2H3. The number of pyridine rings is 1. The molecule has 1 amide bonds. The Kier molecular flexibility index (Phi) is 5.14. The monoisotopic (exact) mass is 323 g/mol. The molecule has 0 fully saturated rings. The predicted octanol–water partition coefficient (Wildman–Crippen LogP) is 4.04. The zero-order valence-electron chi connectivity index (χ0n) is 14.5. The normalized spacial score (nSPS) is 13.5. The number of unbranched alkanes of at least 4 members (excludes halogenated alkanes) is 1. The maximum absolute atomic E-state index is 12.6. The van der Waals surface area contributed by atoms with Crippen LogP contribution in [0.3, 0.4) is 0 Å². The van der Waals surface area contributed by atoms with Crippen LogP contribution < -0.4 is 4.90 Å². The number of carbonyl (C=O) groups excluding carboxylic acids is 1. The predicted molar refractivity (Wildman–Crippen MR) is 97.9 cm³/mol. The molecular formula is C20H25N3O. The Bertz CT molecular complexity index is 714. The van der Waals surface area contributed by atoms with Gasteiger partial charge in [-0.05, 0) is 37.0 Å². The quantitative estimate of drug-likeness (QED) is 0.833. The SMILES string of the molecule is CCCCN(C)C(=O)c1cncc(N2CCCc3ccccc32)c1. The lowest BCUT2D eigenvalue weighted by Crippen LogP contribution is -2.28. The van der Waals surface area contributed by atoms with E-state index in [0.29, 0.717) is 5.56 Å². The second kappa shape index (κ2) is 7.47. The van der Waals surface area contributed by atoms with Gasteiger partial charge in [-0.1, -0.05) is 31.5 Å². The summed E-state index contributed by atoms with van der Waals surface area (Å²) in [5, 5.41) is 0. The number of hydrogen-bond donors (Lipinski definition) is 0. The van der Waals surface area contributed by atoms with Crippen LogP contribution in [0.25, 0.3) is 0 Å². The molecule has 0 aliphatic carbocycles. The summed E-state index contributed by atoms with van der Waals surface area (Å²) in [6.07, 6.45) is 7.86. The second-order valence-corrected chi connectivity index (χ2v) is 6.40. The third kappa shape index (κ3) is 3.42. The molecule has 0 atom stereocenters. The van der Waals surface area contributed by atoms with Crippen LogP contribution in [-0.2, 0) is 6.42 Å². The number of carbonyl (C=O) groups is 1. The number of nitrogens with zero attached hydrogens (tertiary/aromatic N) is 3. The van der Waals surface area contributed by atoms with Crippen molar-refractivity contribution in [3.05, 3.63) is 53.9 Å². The first-order chi connectivity index (χ1) is 11.7. The fraction of sp³-hybridized carbons (Fsp3) is 0.400. The van der Waals surface area contributed by atoms with Crippen LogP contribution >= 0.6 is 0 Å². The first-order valence-electron chi connectivity index (χ1n) is 8.76. The van der Waals surface area contributed by atoms with Crippen LogP contribution in [0.5, 0.6) is 0 Å². The highest BCUT2D eigenvalue weighted by molar-refractivity contribution is 5.94. The molecule has 0 radical (unpaired) electrons. The fourth-order valence-electron chi connectivity index (χ4n) is 3.21. The van der Waals surface area contributed by atoms with Crippen molar-refractivity contribution in [2.75, 3.05) is 25.0 Å². The van der Waals surface area contributed by atoms with Gasteiger partial charge in [0.25, 0.3) is 5.91 Å². The Morgan fingerprint density at radius 3 is 2.96 bits per heavy atom. The highest BCUT2D eigenvalue weighted by Gasteiger charge is 2.19. The van der Waals surface area contributed by atoms with Crippen molar-refractivity contribution in [3.8, 4) is 0 Å². The molecule has 0 unspecified atom stereocenters. The summed E-state index contributed by atoms with van der Waals surface area (Å²) in [5.41, 5.74) is 4.25. The van der Waals surface area contributed by atoms with E-state index in [0.717, 1.165) is 44.5 Å². The molecule has 0 N–H and O–H groups in total. The van der Waals surface area contributed by atoms with Crippen molar-refractivity contribution in [2.24, 2.45) is 0 Å². The lowest BCUT2D eigenvalue weighted by Gasteiger charge is -2.31. The maximum atomic E-state index is 12.6. The molecule has 1 aliphatic heterocycles. The minimum atomic E-state index is 0.0445. The van der Waals surface area contributed by atoms with E-state index in [1.165, 1.54) is 11.3 Å². The van der Waals surface area contributed by atoms with E-state index in [9.17, 15) is 4.79 Å². The van der Waals surface area contributed by atoms with Gasteiger partial charge in [-0.15, -0.1) is 0 Å². The molecule has 0 spiro atoms. The van der Waals surface area contributed by atoms with Gasteiger partial charge in [0.2, 0.25) is 0 Å². The van der Waals surface area contributed by atoms with Gasteiger partial charge in [-0.25, -0.2) is 0 Å². The number of aryl methyl sites for hydroxylation is 1. The number of hydrogen-bond acceptors (Lipinski definition) is 3. The molecule has 1 aliphatic rings. The number of benzene rings is 1. The van der Waals surface area contributed by atoms with Crippen molar-refractivity contribution in [2.45, 2.75) is 32.6 Å². The molecule has 1 aromatic carbocycles. The van der Waals surface area contributed by atoms with Crippen LogP contribution in [0.2, 0.25) is 0 Å². The molecule has 0 saturated heterocycles. The zero-order chi connectivity index (χ0) is 16.9. The van der Waals surface area contributed by atoms with Gasteiger partial charge in [0.15, 0.2) is 0 Å². The molecule has 0 bridgehead atoms. The van der Waals surface area contributed by atoms with Gasteiger partial charge in [-0.3, -0.25) is 9.78 Å². The summed E-state index contributed by atoms with van der Waals surface area (Å²) in [6, 6.07) is 10.5. The van der Waals surface area contributed by atoms with E-state index in [1.807, 2.05) is 19.3 Å². The van der Waals surface area contributed by atoms with Crippen LogP contribution in [0.15, 0.2) is 42.7 Å². The van der Waals surface area contributed by atoms with E-state index in [1.54, 1.807) is 11.1 Å². The van der Waals surface area contributed by atoms with Gasteiger partial charge in [0.1, 0.15) is 0 Å². The number of fused-ring (bicyclic) bond motifs is 1. The van der Waals surface area contributed by atoms with E-state index in [2.05, 4.69) is 41.1 Å². The van der Waals surface area contributed by atoms with Crippen molar-refractivity contribution in [1.82, 2.24) is 9.88 Å². The van der Waals surface area contributed by atoms with E-state index in [4.69, 9.17) is 0 Å². The highest BCUT2D eigenvalue weighted by Crippen LogP contribution is 2.33. The average Bonchev–Trinajstić information content (AvgIpc) is 2.65. The van der Waals surface area contributed by atoms with Gasteiger partial charge in [0.05, 0.1) is 17.4 Å². The maximum Gasteiger partial charge on any atom is 0.255 e. The highest BCUT2D eigenvalue weighted by atomic mass is 16.2. The van der Waals surface area contributed by atoms with E-state index < -0.39 is 0 Å². The van der Waals surface area contributed by atoms with Crippen molar-refractivity contribution >= 4 is 17.3 Å². The fourth-order valence-corrected chi connectivity index (χ4v) is 3.21. The number of rotatable bonds is 5. The van der Waals surface area contributed by atoms with Crippen LogP contribution in [0.1, 0.15) is 42.1 Å². The van der Waals surface area contributed by atoms with Gasteiger partial charge >= 0.3 is 0 Å². The van der Waals surface area contributed by atoms with Crippen LogP contribution in [0.4, 0.5) is 11.4 Å². The molecule has 24 heavy (non-hydrogen) atoms. The molecule has 0 saturated carbocycles. The first kappa shape index (κ1) is 16.5. The van der Waals surface area contributed by atoms with Crippen molar-refractivity contribution in [1.29, 1.82) is 0 Å². The van der Waals surface area contributed by atoms with Crippen molar-refractivity contribution in [3.63, 3.8) is 0 Å². The summed E-state index contributed by atoms with van der Waals surface area (Å²) >= 11 is 0. The number of para-hydroxylation sites is 1. The molecular weight excluding hydrogens is 298 g/mol. The summed E-state index contributed by atoms with van der Waals surface area (Å²) in [6.45, 7) is 3.88. The van der Waals surface area contributed by atoms with Gasteiger partial charge in [0, 0.05) is 32.0 Å². The molecule has 3 rings (SSSR count). The minimum Gasteiger partial charge on any atom is -0.342 e. The first-order valence-corrected chi connectivity index (χ1v) is 8.76. The summed E-state index contributed by atoms with van der Waals surface area (Å²) in [7, 11) is 1.86.